The molecule has 8 N–H and O–H groups in total. The quantitative estimate of drug-likeness (QED) is 0.0319. The van der Waals surface area contributed by atoms with Gasteiger partial charge in [-0.2, -0.15) is 4.98 Å². The number of nitrogens with one attached hydrogen (secondary N) is 2. The summed E-state index contributed by atoms with van der Waals surface area (Å²) in [6, 6.07) is 18.6. The lowest BCUT2D eigenvalue weighted by Crippen LogP contribution is -2.49. The first-order valence-corrected chi connectivity index (χ1v) is 25.6. The number of halogens is 1. The van der Waals surface area contributed by atoms with Gasteiger partial charge in [-0.1, -0.05) is 66.5 Å². The maximum Gasteiger partial charge on any atom is 0.226 e. The molecular formula is C52H68ClN9O7S2. The second-order valence-electron chi connectivity index (χ2n) is 17.8. The van der Waals surface area contributed by atoms with Crippen molar-refractivity contribution in [2.45, 2.75) is 82.8 Å². The van der Waals surface area contributed by atoms with Crippen molar-refractivity contribution in [3.63, 3.8) is 0 Å². The van der Waals surface area contributed by atoms with Gasteiger partial charge in [0.25, 0.3) is 0 Å². The van der Waals surface area contributed by atoms with Crippen LogP contribution in [0.2, 0.25) is 5.02 Å². The van der Waals surface area contributed by atoms with Crippen molar-refractivity contribution in [2.75, 3.05) is 74.1 Å². The lowest BCUT2D eigenvalue weighted by atomic mass is 9.85. The minimum Gasteiger partial charge on any atom is -0.483 e. The van der Waals surface area contributed by atoms with Gasteiger partial charge in [0, 0.05) is 105 Å². The van der Waals surface area contributed by atoms with E-state index in [1.807, 2.05) is 55.2 Å². The lowest BCUT2D eigenvalue weighted by molar-refractivity contribution is -0.125. The number of rotatable bonds is 20. The fraction of sp³-hybridized carbons (Fsp3) is 0.404. The summed E-state index contributed by atoms with van der Waals surface area (Å²) in [5.41, 5.74) is 18.4. The number of nitrogen functional groups attached to an aromatic ring is 1. The number of hydrogen-bond donors (Lipinski definition) is 6. The van der Waals surface area contributed by atoms with Crippen molar-refractivity contribution in [1.29, 1.82) is 0 Å². The molecule has 0 radical (unpaired) electrons. The number of imidazole rings is 1. The fourth-order valence-corrected chi connectivity index (χ4v) is 11.7. The summed E-state index contributed by atoms with van der Waals surface area (Å²) in [6.07, 6.45) is 12.0. The number of carbonyl (C=O) groups excluding carboxylic acids is 4. The number of anilines is 4. The molecule has 2 fully saturated rings. The Morgan fingerprint density at radius 2 is 1.82 bits per heavy atom. The molecule has 2 unspecified atom stereocenters. The SMILES string of the molecule is C=Cc1sc(-c2cccc(NC3CCN(SC/C(N)=C/n4cc(N5CCC(c6ccc(N(C)C(C)CCC(=O)NC=O)c7c(C=O)cccc67)CC5)nc4N)C(C)(C)C3)c2)c(Cl)c1OCC=O.CO.CO. The highest BCUT2D eigenvalue weighted by atomic mass is 35.5. The van der Waals surface area contributed by atoms with Crippen LogP contribution in [0.5, 0.6) is 5.75 Å². The average molecular weight is 1030 g/mol. The number of ether oxygens (including phenoxy) is 1. The Hall–Kier alpha value is -5.89. The van der Waals surface area contributed by atoms with Crippen molar-refractivity contribution in [2.24, 2.45) is 5.73 Å². The first-order chi connectivity index (χ1) is 34.2. The standard InChI is InChI=1S/C50H60ClN9O5S2.2CH4O/c1-6-42-47(65-24-23-61)46(51)48(67-42)34-9-7-11-37(25-34)55-38-19-22-60(50(3,4)26-38)66-30-36(52)27-59-28-43(56-49(59)53)58-20-17-33(18-21-58)39-14-15-41(45-35(29-62)10-8-12-40(39)45)57(5)32(2)13-16-44(64)54-31-63;2*1-2/h6-12,14-15,23,25,27-29,31-33,38,55H,1,13,16-22,24,26,30,52H2,2-5H3,(H2,53,56)(H,54,63,64);2*2H,1H3/b36-27-;;. The summed E-state index contributed by atoms with van der Waals surface area (Å²) in [5, 5.41) is 22.4. The van der Waals surface area contributed by atoms with Gasteiger partial charge in [0.1, 0.15) is 17.4 Å². The molecule has 382 valence electrons. The molecule has 2 aliphatic heterocycles. The highest BCUT2D eigenvalue weighted by molar-refractivity contribution is 7.97. The van der Waals surface area contributed by atoms with Crippen LogP contribution >= 0.6 is 34.9 Å². The van der Waals surface area contributed by atoms with Gasteiger partial charge in [0.15, 0.2) is 18.3 Å². The highest BCUT2D eigenvalue weighted by Gasteiger charge is 2.35. The van der Waals surface area contributed by atoms with Crippen LogP contribution < -0.4 is 36.6 Å². The molecule has 7 rings (SSSR count). The molecule has 0 spiro atoms. The predicted octanol–water partition coefficient (Wildman–Crippen LogP) is 8.27. The summed E-state index contributed by atoms with van der Waals surface area (Å²) in [5.74, 6) is 2.23. The third-order valence-corrected chi connectivity index (χ3v) is 16.0. The highest BCUT2D eigenvalue weighted by Crippen LogP contribution is 2.47. The summed E-state index contributed by atoms with van der Waals surface area (Å²) in [6.45, 7) is 12.8. The number of aliphatic hydroxyl groups is 2. The van der Waals surface area contributed by atoms with E-state index in [0.717, 1.165) is 109 Å². The molecule has 71 heavy (non-hydrogen) atoms. The van der Waals surface area contributed by atoms with Crippen LogP contribution in [0.4, 0.5) is 23.1 Å². The monoisotopic (exact) mass is 1030 g/mol. The van der Waals surface area contributed by atoms with Gasteiger partial charge in [-0.15, -0.1) is 11.3 Å². The molecule has 2 aliphatic rings. The minimum absolute atomic E-state index is 0.0137. The van der Waals surface area contributed by atoms with Crippen LogP contribution in [0.25, 0.3) is 33.5 Å². The zero-order valence-electron chi connectivity index (χ0n) is 41.4. The fourth-order valence-electron chi connectivity index (χ4n) is 9.25. The number of benzene rings is 3. The van der Waals surface area contributed by atoms with Crippen LogP contribution in [0, 0.1) is 0 Å². The molecule has 2 aromatic heterocycles. The van der Waals surface area contributed by atoms with E-state index in [-0.39, 0.29) is 42.5 Å². The van der Waals surface area contributed by atoms with E-state index in [9.17, 15) is 19.2 Å². The molecule has 5 aromatic rings. The van der Waals surface area contributed by atoms with Crippen molar-refractivity contribution in [1.82, 2.24) is 19.2 Å². The first-order valence-electron chi connectivity index (χ1n) is 23.4. The van der Waals surface area contributed by atoms with E-state index in [1.165, 1.54) is 16.9 Å². The van der Waals surface area contributed by atoms with E-state index in [2.05, 4.69) is 75.5 Å². The summed E-state index contributed by atoms with van der Waals surface area (Å²) in [4.78, 5) is 56.7. The second kappa shape index (κ2) is 26.5. The van der Waals surface area contributed by atoms with Gasteiger partial charge in [-0.05, 0) is 99.6 Å². The minimum atomic E-state index is -0.312. The van der Waals surface area contributed by atoms with Gasteiger partial charge in [-0.3, -0.25) is 29.1 Å². The Bertz CT molecular complexity index is 2650. The molecule has 4 heterocycles. The lowest BCUT2D eigenvalue weighted by Gasteiger charge is -2.45. The largest absolute Gasteiger partial charge is 0.483 e. The Morgan fingerprint density at radius 1 is 1.08 bits per heavy atom. The maximum absolute atomic E-state index is 12.4. The Kier molecular flexibility index (Phi) is 20.9. The Labute approximate surface area is 430 Å². The number of aromatic nitrogens is 2. The number of piperidine rings is 2. The summed E-state index contributed by atoms with van der Waals surface area (Å²) >= 11 is 9.95. The van der Waals surface area contributed by atoms with Crippen LogP contribution in [-0.4, -0.2) is 120 Å². The number of carbonyl (C=O) groups is 4. The number of thiophene rings is 1. The van der Waals surface area contributed by atoms with Crippen molar-refractivity contribution < 1.29 is 34.1 Å². The van der Waals surface area contributed by atoms with Gasteiger partial charge in [0.05, 0.1) is 16.0 Å². The maximum atomic E-state index is 12.4. The Morgan fingerprint density at radius 3 is 2.49 bits per heavy atom. The van der Waals surface area contributed by atoms with Crippen molar-refractivity contribution >= 4 is 106 Å². The number of fused-ring (bicyclic) bond motifs is 1. The first kappa shape index (κ1) is 56.0. The zero-order valence-corrected chi connectivity index (χ0v) is 43.8. The van der Waals surface area contributed by atoms with Gasteiger partial charge >= 0.3 is 0 Å². The topological polar surface area (TPSA) is 222 Å². The van der Waals surface area contributed by atoms with E-state index in [4.69, 9.17) is 43.0 Å². The number of nitrogens with zero attached hydrogens (tertiary/aromatic N) is 5. The van der Waals surface area contributed by atoms with Crippen LogP contribution in [0.15, 0.2) is 73.1 Å². The van der Waals surface area contributed by atoms with E-state index in [0.29, 0.717) is 52.9 Å². The number of nitrogens with two attached hydrogens (primary N) is 2. The van der Waals surface area contributed by atoms with E-state index in [1.54, 1.807) is 18.0 Å². The number of aldehydes is 2. The van der Waals surface area contributed by atoms with Crippen LogP contribution in [0.3, 0.4) is 0 Å². The molecule has 0 aliphatic carbocycles. The molecule has 16 nitrogen and oxygen atoms in total. The van der Waals surface area contributed by atoms with E-state index < -0.39 is 0 Å². The number of aliphatic hydroxyl groups excluding tert-OH is 2. The smallest absolute Gasteiger partial charge is 0.226 e. The zero-order chi connectivity index (χ0) is 51.8. The molecule has 3 aromatic carbocycles. The molecule has 2 atom stereocenters. The number of imide groups is 1. The summed E-state index contributed by atoms with van der Waals surface area (Å²) in [7, 11) is 3.98. The molecule has 2 saturated heterocycles. The van der Waals surface area contributed by atoms with Crippen LogP contribution in [0.1, 0.15) is 86.0 Å². The summed E-state index contributed by atoms with van der Waals surface area (Å²) < 4.78 is 9.85. The average Bonchev–Trinajstić information content (AvgIpc) is 3.91. The van der Waals surface area contributed by atoms with Crippen molar-refractivity contribution in [3.8, 4) is 16.2 Å². The van der Waals surface area contributed by atoms with Crippen molar-refractivity contribution in [3.05, 3.63) is 94.1 Å². The second-order valence-corrected chi connectivity index (χ2v) is 20.2. The molecular weight excluding hydrogens is 962 g/mol. The van der Waals surface area contributed by atoms with Crippen LogP contribution in [-0.2, 0) is 14.4 Å². The van der Waals surface area contributed by atoms with E-state index >= 15 is 0 Å². The predicted molar refractivity (Wildman–Crippen MR) is 293 cm³/mol. The number of amides is 2. The molecule has 2 amide bonds. The van der Waals surface area contributed by atoms with Gasteiger partial charge in [0.2, 0.25) is 18.3 Å². The van der Waals surface area contributed by atoms with Gasteiger partial charge < -0.3 is 41.5 Å². The van der Waals surface area contributed by atoms with Gasteiger partial charge in [-0.25, -0.2) is 4.31 Å². The normalized spacial score (nSPS) is 16.4. The molecule has 0 saturated carbocycles. The molecule has 0 bridgehead atoms. The Balaban J connectivity index is 0.00000228. The number of hydrogen-bond acceptors (Lipinski definition) is 16. The molecule has 19 heteroatoms. The third-order valence-electron chi connectivity index (χ3n) is 12.9. The third kappa shape index (κ3) is 13.8.